The van der Waals surface area contributed by atoms with E-state index in [2.05, 4.69) is 26.6 Å². The quantitative estimate of drug-likeness (QED) is 0.253. The highest BCUT2D eigenvalue weighted by atomic mass is 79.9. The van der Waals surface area contributed by atoms with Gasteiger partial charge in [-0.1, -0.05) is 94.8 Å². The fraction of sp³-hybridized carbons (Fsp3) is 0.312. The van der Waals surface area contributed by atoms with Gasteiger partial charge in [-0.05, 0) is 35.6 Å². The molecule has 0 saturated carbocycles. The van der Waals surface area contributed by atoms with Crippen LogP contribution in [0.4, 0.5) is 15.3 Å². The number of anilines is 1. The van der Waals surface area contributed by atoms with Crippen LogP contribution in [-0.4, -0.2) is 77.7 Å². The lowest BCUT2D eigenvalue weighted by Gasteiger charge is -2.37. The maximum Gasteiger partial charge on any atom is 0.408 e. The molecule has 10 nitrogen and oxygen atoms in total. The van der Waals surface area contributed by atoms with Crippen LogP contribution < -0.4 is 10.6 Å². The van der Waals surface area contributed by atoms with Crippen LogP contribution in [0.5, 0.6) is 0 Å². The molecule has 1 heterocycles. The average molecular weight is 653 g/mol. The Morgan fingerprint density at radius 3 is 2.16 bits per heavy atom. The molecule has 11 heteroatoms. The zero-order valence-electron chi connectivity index (χ0n) is 23.6. The topological polar surface area (TPSA) is 134 Å². The fourth-order valence-electron chi connectivity index (χ4n) is 5.23. The van der Waals surface area contributed by atoms with Crippen LogP contribution in [0, 0.1) is 0 Å². The van der Waals surface area contributed by atoms with E-state index in [1.54, 1.807) is 12.1 Å². The number of carbonyl (C=O) groups is 4. The minimum atomic E-state index is -1.17. The predicted molar refractivity (Wildman–Crippen MR) is 165 cm³/mol. The summed E-state index contributed by atoms with van der Waals surface area (Å²) in [7, 11) is 1.25. The second-order valence-corrected chi connectivity index (χ2v) is 10.7. The summed E-state index contributed by atoms with van der Waals surface area (Å²) in [5.74, 6) is -1.20. The number of alkyl halides is 1. The highest BCUT2D eigenvalue weighted by molar-refractivity contribution is 9.09. The molecular formula is C32H34BrN3O7. The number of para-hydroxylation sites is 1. The molecule has 3 aromatic rings. The van der Waals surface area contributed by atoms with Gasteiger partial charge in [0.05, 0.1) is 31.7 Å². The van der Waals surface area contributed by atoms with Crippen molar-refractivity contribution >= 4 is 45.5 Å². The Bertz CT molecular complexity index is 1370. The fourth-order valence-corrected chi connectivity index (χ4v) is 5.60. The number of Topliss-reactive ketones (excluding diaryl/α,β-unsaturated/α-hetero) is 1. The maximum absolute atomic E-state index is 13.9. The predicted octanol–water partition coefficient (Wildman–Crippen LogP) is 4.83. The van der Waals surface area contributed by atoms with Crippen molar-refractivity contribution in [2.24, 2.45) is 0 Å². The summed E-state index contributed by atoms with van der Waals surface area (Å²) in [6.07, 6.45) is -1.39. The number of ether oxygens (including phenoxy) is 2. The van der Waals surface area contributed by atoms with Gasteiger partial charge in [0.2, 0.25) is 5.91 Å². The Hall–Kier alpha value is -4.22. The van der Waals surface area contributed by atoms with Crippen molar-refractivity contribution in [2.45, 2.75) is 36.9 Å². The van der Waals surface area contributed by atoms with Crippen LogP contribution in [0.1, 0.15) is 29.0 Å². The number of amides is 3. The Kier molecular flexibility index (Phi) is 11.3. The number of benzene rings is 3. The van der Waals surface area contributed by atoms with E-state index >= 15 is 0 Å². The van der Waals surface area contributed by atoms with Gasteiger partial charge in [0.1, 0.15) is 12.1 Å². The van der Waals surface area contributed by atoms with E-state index in [1.807, 2.05) is 72.8 Å². The first-order valence-electron chi connectivity index (χ1n) is 13.8. The standard InChI is InChI=1S/C32H34BrN3O7/c1-42-31(39)35-29(28(22-11-4-2-5-12-22)23-13-6-3-7-14-23)30(38)34-25-15-9-8-10-21(25)16-17-24-19-36(32(40)41)26(20-43-24)27(37)18-33/h2-15,24,26,28-29H,16-20H2,1H3,(H,34,38)(H,35,39)(H,40,41)/t24-,26+,29+/m1/s1. The molecule has 0 radical (unpaired) electrons. The normalized spacial score (nSPS) is 17.1. The molecule has 0 aromatic heterocycles. The number of hydrogen-bond acceptors (Lipinski definition) is 6. The van der Waals surface area contributed by atoms with Crippen molar-refractivity contribution < 1.29 is 33.8 Å². The summed E-state index contributed by atoms with van der Waals surface area (Å²) >= 11 is 3.10. The molecule has 43 heavy (non-hydrogen) atoms. The molecule has 1 saturated heterocycles. The molecule has 3 N–H and O–H groups in total. The van der Waals surface area contributed by atoms with Gasteiger partial charge in [-0.25, -0.2) is 9.59 Å². The summed E-state index contributed by atoms with van der Waals surface area (Å²) in [5, 5.41) is 15.4. The molecule has 0 bridgehead atoms. The summed E-state index contributed by atoms with van der Waals surface area (Å²) in [6.45, 7) is 0.0508. The van der Waals surface area contributed by atoms with Gasteiger partial charge in [0.15, 0.2) is 5.78 Å². The van der Waals surface area contributed by atoms with Crippen molar-refractivity contribution in [1.82, 2.24) is 10.2 Å². The molecule has 1 aliphatic heterocycles. The second kappa shape index (κ2) is 15.3. The van der Waals surface area contributed by atoms with E-state index in [0.29, 0.717) is 18.5 Å². The molecule has 3 amide bonds. The van der Waals surface area contributed by atoms with E-state index in [-0.39, 0.29) is 24.3 Å². The first-order chi connectivity index (χ1) is 20.8. The molecule has 3 aromatic carbocycles. The van der Waals surface area contributed by atoms with Crippen molar-refractivity contribution in [2.75, 3.05) is 30.9 Å². The lowest BCUT2D eigenvalue weighted by atomic mass is 9.84. The third kappa shape index (κ3) is 8.20. The van der Waals surface area contributed by atoms with E-state index in [4.69, 9.17) is 9.47 Å². The minimum Gasteiger partial charge on any atom is -0.465 e. The van der Waals surface area contributed by atoms with E-state index < -0.39 is 42.2 Å². The summed E-state index contributed by atoms with van der Waals surface area (Å²) in [5.41, 5.74) is 3.05. The summed E-state index contributed by atoms with van der Waals surface area (Å²) < 4.78 is 10.7. The number of halogens is 1. The number of nitrogens with zero attached hydrogens (tertiary/aromatic N) is 1. The number of aryl methyl sites for hydroxylation is 1. The molecule has 3 atom stereocenters. The van der Waals surface area contributed by atoms with Crippen LogP contribution in [0.3, 0.4) is 0 Å². The monoisotopic (exact) mass is 651 g/mol. The van der Waals surface area contributed by atoms with Gasteiger partial charge in [0.25, 0.3) is 0 Å². The van der Waals surface area contributed by atoms with E-state index in [9.17, 15) is 24.3 Å². The van der Waals surface area contributed by atoms with Gasteiger partial charge in [-0.3, -0.25) is 14.5 Å². The molecule has 226 valence electrons. The maximum atomic E-state index is 13.9. The van der Waals surface area contributed by atoms with Gasteiger partial charge >= 0.3 is 12.2 Å². The van der Waals surface area contributed by atoms with Crippen LogP contribution in [0.25, 0.3) is 0 Å². The zero-order chi connectivity index (χ0) is 30.8. The Morgan fingerprint density at radius 1 is 0.977 bits per heavy atom. The lowest BCUT2D eigenvalue weighted by molar-refractivity contribution is -0.130. The van der Waals surface area contributed by atoms with Crippen LogP contribution in [0.2, 0.25) is 0 Å². The first-order valence-corrected chi connectivity index (χ1v) is 15.0. The Labute approximate surface area is 258 Å². The van der Waals surface area contributed by atoms with Crippen LogP contribution >= 0.6 is 15.9 Å². The van der Waals surface area contributed by atoms with Crippen LogP contribution in [-0.2, 0) is 25.5 Å². The van der Waals surface area contributed by atoms with Crippen molar-refractivity contribution in [3.05, 3.63) is 102 Å². The van der Waals surface area contributed by atoms with E-state index in [0.717, 1.165) is 21.6 Å². The molecule has 0 aliphatic carbocycles. The van der Waals surface area contributed by atoms with Crippen LogP contribution in [0.15, 0.2) is 84.9 Å². The zero-order valence-corrected chi connectivity index (χ0v) is 25.2. The molecule has 4 rings (SSSR count). The van der Waals surface area contributed by atoms with Crippen molar-refractivity contribution in [3.8, 4) is 0 Å². The number of ketones is 1. The minimum absolute atomic E-state index is 0.0129. The van der Waals surface area contributed by atoms with Crippen molar-refractivity contribution in [3.63, 3.8) is 0 Å². The number of nitrogens with one attached hydrogen (secondary N) is 2. The number of morpholine rings is 1. The summed E-state index contributed by atoms with van der Waals surface area (Å²) in [4.78, 5) is 51.5. The third-order valence-corrected chi connectivity index (χ3v) is 7.97. The highest BCUT2D eigenvalue weighted by Gasteiger charge is 2.36. The molecule has 1 aliphatic rings. The number of rotatable bonds is 11. The van der Waals surface area contributed by atoms with Gasteiger partial charge in [-0.2, -0.15) is 0 Å². The Morgan fingerprint density at radius 2 is 1.58 bits per heavy atom. The molecule has 1 fully saturated rings. The average Bonchev–Trinajstić information content (AvgIpc) is 3.04. The first kappa shape index (κ1) is 31.7. The lowest BCUT2D eigenvalue weighted by Crippen LogP contribution is -2.55. The Balaban J connectivity index is 1.54. The van der Waals surface area contributed by atoms with Gasteiger partial charge < -0.3 is 25.2 Å². The summed E-state index contributed by atoms with van der Waals surface area (Å²) in [6, 6.07) is 24.4. The van der Waals surface area contributed by atoms with E-state index in [1.165, 1.54) is 7.11 Å². The number of carboxylic acid groups (broad SMARTS) is 1. The number of hydrogen-bond donors (Lipinski definition) is 3. The molecule has 0 unspecified atom stereocenters. The largest absolute Gasteiger partial charge is 0.465 e. The second-order valence-electron chi connectivity index (χ2n) is 10.1. The number of methoxy groups -OCH3 is 1. The third-order valence-electron chi connectivity index (χ3n) is 7.42. The molecular weight excluding hydrogens is 618 g/mol. The van der Waals surface area contributed by atoms with Gasteiger partial charge in [0, 0.05) is 11.6 Å². The smallest absolute Gasteiger partial charge is 0.408 e. The number of alkyl carbamates (subject to hydrolysis) is 1. The molecule has 0 spiro atoms. The number of carbonyl (C=O) groups excluding carboxylic acids is 3. The van der Waals surface area contributed by atoms with Crippen molar-refractivity contribution in [1.29, 1.82) is 0 Å². The SMILES string of the molecule is COC(=O)N[C@H](C(=O)Nc1ccccc1CC[C@@H]1CN(C(=O)O)[C@H](C(=O)CBr)CO1)C(c1ccccc1)c1ccccc1. The van der Waals surface area contributed by atoms with Gasteiger partial charge in [-0.15, -0.1) is 0 Å². The highest BCUT2D eigenvalue weighted by Crippen LogP contribution is 2.30.